The maximum absolute atomic E-state index is 11.7. The number of nitrogens with one attached hydrogen (secondary N) is 2. The molecule has 1 saturated carbocycles. The van der Waals surface area contributed by atoms with Crippen molar-refractivity contribution in [3.63, 3.8) is 0 Å². The van der Waals surface area contributed by atoms with Gasteiger partial charge in [-0.15, -0.1) is 10.2 Å². The van der Waals surface area contributed by atoms with Crippen molar-refractivity contribution in [3.8, 4) is 11.5 Å². The number of thioether (sulfide) groups is 1. The Kier molecular flexibility index (Phi) is 4.97. The zero-order chi connectivity index (χ0) is 16.2. The Morgan fingerprint density at radius 1 is 1.30 bits per heavy atom. The lowest BCUT2D eigenvalue weighted by atomic mass is 10.2. The van der Waals surface area contributed by atoms with Gasteiger partial charge in [0.1, 0.15) is 0 Å². The molecular weight excluding hydrogens is 384 g/mol. The molecule has 1 fully saturated rings. The number of benzene rings is 1. The maximum atomic E-state index is 11.7. The molecule has 3 rings (SSSR count). The van der Waals surface area contributed by atoms with Crippen molar-refractivity contribution in [2.24, 2.45) is 0 Å². The number of rotatable bonds is 5. The number of carbonyl (C=O) groups is 2. The Morgan fingerprint density at radius 2 is 2.09 bits per heavy atom. The molecule has 23 heavy (non-hydrogen) atoms. The van der Waals surface area contributed by atoms with E-state index in [0.29, 0.717) is 5.89 Å². The summed E-state index contributed by atoms with van der Waals surface area (Å²) < 4.78 is 6.35. The molecule has 0 bridgehead atoms. The molecule has 1 aromatic carbocycles. The molecule has 1 aliphatic carbocycles. The largest absolute Gasteiger partial charge is 0.411 e. The van der Waals surface area contributed by atoms with Crippen LogP contribution < -0.4 is 10.6 Å². The molecule has 0 spiro atoms. The lowest BCUT2D eigenvalue weighted by molar-refractivity contribution is -0.117. The zero-order valence-electron chi connectivity index (χ0n) is 11.9. The SMILES string of the molecule is O=C(CSc1nnc(-c2ccccc2Br)o1)NC(=O)NC1CC1. The Balaban J connectivity index is 1.52. The lowest BCUT2D eigenvalue weighted by Crippen LogP contribution is -2.41. The third-order valence-corrected chi connectivity index (χ3v) is 4.51. The molecule has 0 radical (unpaired) electrons. The van der Waals surface area contributed by atoms with Crippen molar-refractivity contribution in [3.05, 3.63) is 28.7 Å². The molecule has 0 saturated heterocycles. The van der Waals surface area contributed by atoms with Gasteiger partial charge in [0.15, 0.2) is 0 Å². The molecule has 2 aromatic rings. The van der Waals surface area contributed by atoms with E-state index in [1.807, 2.05) is 24.3 Å². The normalized spacial score (nSPS) is 13.6. The summed E-state index contributed by atoms with van der Waals surface area (Å²) >= 11 is 4.49. The van der Waals surface area contributed by atoms with Gasteiger partial charge in [0.2, 0.25) is 11.8 Å². The molecule has 9 heteroatoms. The molecule has 120 valence electrons. The van der Waals surface area contributed by atoms with Gasteiger partial charge in [0.25, 0.3) is 5.22 Å². The van der Waals surface area contributed by atoms with Crippen LogP contribution in [-0.2, 0) is 4.79 Å². The first-order valence-corrected chi connectivity index (χ1v) is 8.71. The highest BCUT2D eigenvalue weighted by Crippen LogP contribution is 2.28. The lowest BCUT2D eigenvalue weighted by Gasteiger charge is -2.03. The van der Waals surface area contributed by atoms with Gasteiger partial charge in [-0.1, -0.05) is 23.9 Å². The first-order valence-electron chi connectivity index (χ1n) is 6.93. The van der Waals surface area contributed by atoms with Crippen LogP contribution >= 0.6 is 27.7 Å². The van der Waals surface area contributed by atoms with Crippen molar-refractivity contribution in [2.75, 3.05) is 5.75 Å². The summed E-state index contributed by atoms with van der Waals surface area (Å²) in [4.78, 5) is 23.1. The molecule has 1 aromatic heterocycles. The number of hydrogen-bond acceptors (Lipinski definition) is 6. The van der Waals surface area contributed by atoms with Gasteiger partial charge in [0, 0.05) is 10.5 Å². The average Bonchev–Trinajstić information content (AvgIpc) is 3.20. The van der Waals surface area contributed by atoms with Gasteiger partial charge in [-0.25, -0.2) is 4.79 Å². The Hall–Kier alpha value is -1.87. The van der Waals surface area contributed by atoms with Gasteiger partial charge in [-0.05, 0) is 40.9 Å². The molecule has 2 N–H and O–H groups in total. The molecular formula is C14H13BrN4O3S. The van der Waals surface area contributed by atoms with Crippen LogP contribution in [0, 0.1) is 0 Å². The summed E-state index contributed by atoms with van der Waals surface area (Å²) in [5.41, 5.74) is 0.778. The van der Waals surface area contributed by atoms with Crippen molar-refractivity contribution < 1.29 is 14.0 Å². The van der Waals surface area contributed by atoms with Crippen LogP contribution in [0.2, 0.25) is 0 Å². The Labute approximate surface area is 144 Å². The van der Waals surface area contributed by atoms with Crippen LogP contribution in [0.5, 0.6) is 0 Å². The van der Waals surface area contributed by atoms with Gasteiger partial charge in [-0.2, -0.15) is 0 Å². The standard InChI is InChI=1S/C14H13BrN4O3S/c15-10-4-2-1-3-9(10)12-18-19-14(22-12)23-7-11(20)17-13(21)16-8-5-6-8/h1-4,8H,5-7H2,(H2,16,17,20,21). The predicted octanol–water partition coefficient (Wildman–Crippen LogP) is 2.58. The van der Waals surface area contributed by atoms with Crippen molar-refractivity contribution in [1.29, 1.82) is 0 Å². The van der Waals surface area contributed by atoms with E-state index in [1.165, 1.54) is 0 Å². The summed E-state index contributed by atoms with van der Waals surface area (Å²) in [6, 6.07) is 7.22. The van der Waals surface area contributed by atoms with Crippen LogP contribution in [0.15, 0.2) is 38.4 Å². The molecule has 1 aliphatic rings. The van der Waals surface area contributed by atoms with Crippen molar-refractivity contribution in [2.45, 2.75) is 24.1 Å². The Bertz CT molecular complexity index is 732. The second-order valence-corrected chi connectivity index (χ2v) is 6.72. The fourth-order valence-electron chi connectivity index (χ4n) is 1.75. The first kappa shape index (κ1) is 16.0. The number of nitrogens with zero attached hydrogens (tertiary/aromatic N) is 2. The summed E-state index contributed by atoms with van der Waals surface area (Å²) in [5.74, 6) is -0.0176. The van der Waals surface area contributed by atoms with E-state index in [2.05, 4.69) is 36.8 Å². The molecule has 7 nitrogen and oxygen atoms in total. The van der Waals surface area contributed by atoms with Gasteiger partial charge in [-0.3, -0.25) is 10.1 Å². The van der Waals surface area contributed by atoms with E-state index in [1.54, 1.807) is 0 Å². The van der Waals surface area contributed by atoms with E-state index in [9.17, 15) is 9.59 Å². The fraction of sp³-hybridized carbons (Fsp3) is 0.286. The van der Waals surface area contributed by atoms with Crippen molar-refractivity contribution >= 4 is 39.6 Å². The van der Waals surface area contributed by atoms with E-state index >= 15 is 0 Å². The molecule has 0 atom stereocenters. The number of amides is 3. The topological polar surface area (TPSA) is 97.1 Å². The molecule has 3 amide bonds. The van der Waals surface area contributed by atoms with E-state index < -0.39 is 11.9 Å². The van der Waals surface area contributed by atoms with Gasteiger partial charge < -0.3 is 9.73 Å². The number of hydrogen-bond donors (Lipinski definition) is 2. The number of aromatic nitrogens is 2. The zero-order valence-corrected chi connectivity index (χ0v) is 14.3. The fourth-order valence-corrected chi connectivity index (χ4v) is 2.77. The van der Waals surface area contributed by atoms with E-state index in [0.717, 1.165) is 34.6 Å². The minimum absolute atomic E-state index is 0.0235. The maximum Gasteiger partial charge on any atom is 0.321 e. The number of carbonyl (C=O) groups excluding carboxylic acids is 2. The second-order valence-electron chi connectivity index (χ2n) is 4.94. The molecule has 0 unspecified atom stereocenters. The Morgan fingerprint density at radius 3 is 2.83 bits per heavy atom. The van der Waals surface area contributed by atoms with Crippen LogP contribution in [0.25, 0.3) is 11.5 Å². The van der Waals surface area contributed by atoms with Crippen LogP contribution in [0.1, 0.15) is 12.8 Å². The minimum atomic E-state index is -0.461. The van der Waals surface area contributed by atoms with Crippen LogP contribution in [-0.4, -0.2) is 33.9 Å². The van der Waals surface area contributed by atoms with E-state index in [-0.39, 0.29) is 17.0 Å². The van der Waals surface area contributed by atoms with Crippen LogP contribution in [0.3, 0.4) is 0 Å². The predicted molar refractivity (Wildman–Crippen MR) is 87.9 cm³/mol. The van der Waals surface area contributed by atoms with Crippen molar-refractivity contribution in [1.82, 2.24) is 20.8 Å². The average molecular weight is 397 g/mol. The monoisotopic (exact) mass is 396 g/mol. The quantitative estimate of drug-likeness (QED) is 0.753. The van der Waals surface area contributed by atoms with Gasteiger partial charge in [0.05, 0.1) is 11.3 Å². The van der Waals surface area contributed by atoms with E-state index in [4.69, 9.17) is 4.42 Å². The smallest absolute Gasteiger partial charge is 0.321 e. The summed E-state index contributed by atoms with van der Waals surface area (Å²) in [7, 11) is 0. The third kappa shape index (κ3) is 4.55. The summed E-state index contributed by atoms with van der Waals surface area (Å²) in [6.45, 7) is 0. The first-order chi connectivity index (χ1) is 11.1. The van der Waals surface area contributed by atoms with Crippen LogP contribution in [0.4, 0.5) is 4.79 Å². The highest BCUT2D eigenvalue weighted by atomic mass is 79.9. The minimum Gasteiger partial charge on any atom is -0.411 e. The molecule has 1 heterocycles. The summed E-state index contributed by atoms with van der Waals surface area (Å²) in [5, 5.41) is 13.1. The third-order valence-electron chi connectivity index (χ3n) is 3.00. The number of imide groups is 1. The highest BCUT2D eigenvalue weighted by molar-refractivity contribution is 9.10. The summed E-state index contributed by atoms with van der Waals surface area (Å²) in [6.07, 6.45) is 1.94. The molecule has 0 aliphatic heterocycles. The number of halogens is 1. The second kappa shape index (κ2) is 7.14. The van der Waals surface area contributed by atoms with Gasteiger partial charge >= 0.3 is 6.03 Å². The highest BCUT2D eigenvalue weighted by Gasteiger charge is 2.24. The number of urea groups is 1.